The van der Waals surface area contributed by atoms with E-state index in [4.69, 9.17) is 13.3 Å². The first-order valence-electron chi connectivity index (χ1n) is 11.7. The second kappa shape index (κ2) is 11.9. The highest BCUT2D eigenvalue weighted by molar-refractivity contribution is 6.93. The smallest absolute Gasteiger partial charge is 0.373 e. The Labute approximate surface area is 189 Å². The van der Waals surface area contributed by atoms with Gasteiger partial charge in [0.1, 0.15) is 0 Å². The highest BCUT2D eigenvalue weighted by Gasteiger charge is 2.52. The quantitative estimate of drug-likeness (QED) is 0.187. The van der Waals surface area contributed by atoms with Crippen molar-refractivity contribution < 1.29 is 13.3 Å². The van der Waals surface area contributed by atoms with Crippen LogP contribution in [0.5, 0.6) is 0 Å². The number of rotatable bonds is 15. The molecule has 0 bridgehead atoms. The molecule has 0 saturated heterocycles. The molecule has 0 fully saturated rings. The largest absolute Gasteiger partial charge is 0.508 e. The molecule has 0 amide bonds. The van der Waals surface area contributed by atoms with Crippen LogP contribution in [0.1, 0.15) is 40.5 Å². The molecular weight excluding hydrogens is 421 g/mol. The zero-order valence-electron chi connectivity index (χ0n) is 20.9. The molecule has 0 radical (unpaired) electrons. The first-order valence-corrected chi connectivity index (χ1v) is 19.9. The maximum absolute atomic E-state index is 6.39. The van der Waals surface area contributed by atoms with Gasteiger partial charge in [0.25, 0.3) is 0 Å². The Morgan fingerprint density at radius 3 is 1.73 bits per heavy atom. The lowest BCUT2D eigenvalue weighted by Crippen LogP contribution is -2.51. The molecule has 172 valence electrons. The van der Waals surface area contributed by atoms with Crippen LogP contribution < -0.4 is 0 Å². The predicted octanol–water partition coefficient (Wildman–Crippen LogP) is 7.31. The zero-order chi connectivity index (χ0) is 23.0. The Morgan fingerprint density at radius 2 is 1.33 bits per heavy atom. The van der Waals surface area contributed by atoms with E-state index < -0.39 is 25.0 Å². The van der Waals surface area contributed by atoms with E-state index in [1.807, 2.05) is 0 Å². The van der Waals surface area contributed by atoms with Crippen LogP contribution in [-0.4, -0.2) is 44.8 Å². The van der Waals surface area contributed by atoms with Gasteiger partial charge in [-0.2, -0.15) is 0 Å². The molecule has 1 atom stereocenters. The van der Waals surface area contributed by atoms with Crippen LogP contribution in [0, 0.1) is 0 Å². The Bertz CT molecular complexity index is 633. The van der Waals surface area contributed by atoms with Crippen molar-refractivity contribution in [3.63, 3.8) is 0 Å². The van der Waals surface area contributed by atoms with Crippen LogP contribution in [-0.2, 0) is 13.3 Å². The SMILES string of the molecule is C=CC[Si](C)(C)C1=CCC(C(CC)[Si](OCC)(OCC)OCC)=C1[Si](C)(C)CC=C. The van der Waals surface area contributed by atoms with Crippen molar-refractivity contribution in [1.82, 2.24) is 0 Å². The molecule has 3 nitrogen and oxygen atoms in total. The summed E-state index contributed by atoms with van der Waals surface area (Å²) in [6.07, 6.45) is 8.75. The van der Waals surface area contributed by atoms with E-state index in [1.54, 1.807) is 10.4 Å². The van der Waals surface area contributed by atoms with Gasteiger partial charge in [0.2, 0.25) is 0 Å². The van der Waals surface area contributed by atoms with E-state index in [0.717, 1.165) is 24.9 Å². The van der Waals surface area contributed by atoms with Gasteiger partial charge in [-0.05, 0) is 45.7 Å². The van der Waals surface area contributed by atoms with Gasteiger partial charge in [0.05, 0.1) is 21.7 Å². The molecule has 0 aromatic carbocycles. The molecular formula is C24H46O3Si3. The van der Waals surface area contributed by atoms with Gasteiger partial charge in [-0.1, -0.05) is 67.3 Å². The van der Waals surface area contributed by atoms with Crippen molar-refractivity contribution in [2.45, 2.75) is 84.4 Å². The fourth-order valence-electron chi connectivity index (χ4n) is 4.99. The topological polar surface area (TPSA) is 27.7 Å². The molecule has 0 aromatic rings. The zero-order valence-corrected chi connectivity index (χ0v) is 23.9. The Hall–Kier alpha value is -0.509. The third-order valence-corrected chi connectivity index (χ3v) is 16.5. The maximum atomic E-state index is 6.39. The van der Waals surface area contributed by atoms with Crippen molar-refractivity contribution in [3.05, 3.63) is 47.4 Å². The molecule has 1 aliphatic rings. The second-order valence-electron chi connectivity index (χ2n) is 9.34. The molecule has 0 aliphatic heterocycles. The molecule has 6 heteroatoms. The van der Waals surface area contributed by atoms with E-state index in [-0.39, 0.29) is 5.54 Å². The minimum atomic E-state index is -2.84. The number of hydrogen-bond acceptors (Lipinski definition) is 3. The van der Waals surface area contributed by atoms with Gasteiger partial charge in [-0.25, -0.2) is 0 Å². The van der Waals surface area contributed by atoms with Gasteiger partial charge in [-0.15, -0.1) is 13.2 Å². The van der Waals surface area contributed by atoms with E-state index in [2.05, 4.69) is 85.3 Å². The maximum Gasteiger partial charge on any atom is 0.508 e. The summed E-state index contributed by atoms with van der Waals surface area (Å²) in [6.45, 7) is 28.4. The van der Waals surface area contributed by atoms with E-state index in [0.29, 0.717) is 19.8 Å². The highest BCUT2D eigenvalue weighted by Crippen LogP contribution is 2.49. The molecule has 0 spiro atoms. The molecule has 0 saturated carbocycles. The lowest BCUT2D eigenvalue weighted by Gasteiger charge is -2.39. The van der Waals surface area contributed by atoms with Crippen molar-refractivity contribution in [2.24, 2.45) is 0 Å². The summed E-state index contributed by atoms with van der Waals surface area (Å²) in [4.78, 5) is 0. The fraction of sp³-hybridized carbons (Fsp3) is 0.667. The molecule has 1 aliphatic carbocycles. The minimum Gasteiger partial charge on any atom is -0.373 e. The molecule has 1 unspecified atom stereocenters. The summed E-state index contributed by atoms with van der Waals surface area (Å²) in [7, 11) is -6.16. The first kappa shape index (κ1) is 27.5. The fourth-order valence-corrected chi connectivity index (χ4v) is 15.8. The molecule has 0 N–H and O–H groups in total. The summed E-state index contributed by atoms with van der Waals surface area (Å²) in [6, 6.07) is 2.20. The second-order valence-corrected chi connectivity index (χ2v) is 21.5. The van der Waals surface area contributed by atoms with Crippen LogP contribution in [0.3, 0.4) is 0 Å². The molecule has 0 heterocycles. The van der Waals surface area contributed by atoms with Crippen LogP contribution in [0.25, 0.3) is 0 Å². The predicted molar refractivity (Wildman–Crippen MR) is 139 cm³/mol. The molecule has 0 aromatic heterocycles. The van der Waals surface area contributed by atoms with Crippen molar-refractivity contribution in [2.75, 3.05) is 19.8 Å². The van der Waals surface area contributed by atoms with Gasteiger partial charge >= 0.3 is 8.80 Å². The average Bonchev–Trinajstić information content (AvgIpc) is 3.09. The van der Waals surface area contributed by atoms with Crippen molar-refractivity contribution >= 4 is 25.0 Å². The van der Waals surface area contributed by atoms with Crippen molar-refractivity contribution in [3.8, 4) is 0 Å². The summed E-state index contributed by atoms with van der Waals surface area (Å²) < 4.78 is 19.2. The third-order valence-electron chi connectivity index (χ3n) is 6.12. The Balaban J connectivity index is 3.73. The summed E-state index contributed by atoms with van der Waals surface area (Å²) >= 11 is 0. The third kappa shape index (κ3) is 6.05. The highest BCUT2D eigenvalue weighted by atomic mass is 28.4. The van der Waals surface area contributed by atoms with Crippen LogP contribution >= 0.6 is 0 Å². The number of allylic oxidation sites excluding steroid dienone is 6. The summed E-state index contributed by atoms with van der Waals surface area (Å²) in [5.74, 6) is 0. The Kier molecular flexibility index (Phi) is 10.9. The lowest BCUT2D eigenvalue weighted by molar-refractivity contribution is 0.0636. The van der Waals surface area contributed by atoms with Gasteiger partial charge in [0, 0.05) is 19.8 Å². The van der Waals surface area contributed by atoms with Crippen molar-refractivity contribution in [1.29, 1.82) is 0 Å². The van der Waals surface area contributed by atoms with E-state index in [9.17, 15) is 0 Å². The monoisotopic (exact) mass is 466 g/mol. The minimum absolute atomic E-state index is 0.214. The summed E-state index contributed by atoms with van der Waals surface area (Å²) in [5, 5.41) is 3.30. The Morgan fingerprint density at radius 1 is 0.867 bits per heavy atom. The lowest BCUT2D eigenvalue weighted by atomic mass is 10.1. The van der Waals surface area contributed by atoms with Crippen LogP contribution in [0.4, 0.5) is 0 Å². The standard InChI is InChI=1S/C24H46O3Si3/c1-11-19-28(7,8)23-18-17-21(24(23)29(9,10)20-12-2)22(13-3)30(25-14-4,26-15-5)27-16-6/h11-12,18,22H,1-2,13-17,19-20H2,3-10H3. The van der Waals surface area contributed by atoms with E-state index >= 15 is 0 Å². The van der Waals surface area contributed by atoms with Crippen LogP contribution in [0.15, 0.2) is 47.4 Å². The molecule has 1 rings (SSSR count). The number of hydrogen-bond donors (Lipinski definition) is 0. The first-order chi connectivity index (χ1) is 14.1. The molecule has 30 heavy (non-hydrogen) atoms. The van der Waals surface area contributed by atoms with Gasteiger partial charge in [-0.3, -0.25) is 0 Å². The normalized spacial score (nSPS) is 16.6. The van der Waals surface area contributed by atoms with E-state index in [1.165, 1.54) is 5.57 Å². The van der Waals surface area contributed by atoms with Gasteiger partial charge in [0.15, 0.2) is 0 Å². The van der Waals surface area contributed by atoms with Gasteiger partial charge < -0.3 is 13.3 Å². The van der Waals surface area contributed by atoms with Crippen LogP contribution in [0.2, 0.25) is 43.8 Å². The average molecular weight is 467 g/mol. The summed E-state index contributed by atoms with van der Waals surface area (Å²) in [5.41, 5.74) is 1.75.